The molecule has 1 fully saturated rings. The normalized spacial score (nSPS) is 15.6. The molecule has 0 amide bonds. The molecule has 0 aliphatic carbocycles. The molecule has 0 saturated carbocycles. The minimum Gasteiger partial charge on any atom is -0.378 e. The summed E-state index contributed by atoms with van der Waals surface area (Å²) in [6.07, 6.45) is 11.5. The van der Waals surface area contributed by atoms with Gasteiger partial charge >= 0.3 is 0 Å². The van der Waals surface area contributed by atoms with Crippen LogP contribution in [-0.2, 0) is 4.74 Å². The number of terminal acetylenes is 1. The Morgan fingerprint density at radius 2 is 1.96 bits per heavy atom. The second-order valence-electron chi connectivity index (χ2n) is 6.22. The number of nitrogen functional groups attached to an aromatic ring is 1. The average Bonchev–Trinajstić information content (AvgIpc) is 3.14. The van der Waals surface area contributed by atoms with Crippen LogP contribution in [0.3, 0.4) is 0 Å². The van der Waals surface area contributed by atoms with Gasteiger partial charge in [-0.3, -0.25) is 0 Å². The lowest BCUT2D eigenvalue weighted by Crippen LogP contribution is -2.37. The molecular weight excluding hydrogens is 344 g/mol. The third kappa shape index (κ3) is 3.15. The van der Waals surface area contributed by atoms with Crippen molar-refractivity contribution in [3.63, 3.8) is 0 Å². The molecule has 1 atom stereocenters. The van der Waals surface area contributed by atoms with Gasteiger partial charge in [-0.1, -0.05) is 12.8 Å². The lowest BCUT2D eigenvalue weighted by molar-refractivity contribution is 0.122. The molecule has 1 saturated heterocycles. The van der Waals surface area contributed by atoms with E-state index in [1.165, 1.54) is 0 Å². The Labute approximate surface area is 156 Å². The van der Waals surface area contributed by atoms with E-state index in [4.69, 9.17) is 26.9 Å². The van der Waals surface area contributed by atoms with Crippen molar-refractivity contribution in [2.24, 2.45) is 0 Å². The van der Waals surface area contributed by atoms with Crippen molar-refractivity contribution < 1.29 is 4.74 Å². The van der Waals surface area contributed by atoms with Crippen molar-refractivity contribution in [1.29, 1.82) is 0 Å². The first kappa shape index (κ1) is 17.2. The fourth-order valence-electron chi connectivity index (χ4n) is 3.09. The van der Waals surface area contributed by atoms with Gasteiger partial charge in [-0.15, -0.1) is 6.42 Å². The van der Waals surface area contributed by atoms with Crippen molar-refractivity contribution >= 4 is 23.1 Å². The van der Waals surface area contributed by atoms with E-state index in [0.29, 0.717) is 36.0 Å². The number of morpholine rings is 1. The molecule has 138 valence electrons. The van der Waals surface area contributed by atoms with Gasteiger partial charge in [0, 0.05) is 31.0 Å². The molecule has 0 bridgehead atoms. The third-order valence-electron chi connectivity index (χ3n) is 4.56. The van der Waals surface area contributed by atoms with E-state index < -0.39 is 0 Å². The van der Waals surface area contributed by atoms with E-state index in [1.54, 1.807) is 18.7 Å². The summed E-state index contributed by atoms with van der Waals surface area (Å²) in [5.41, 5.74) is 8.37. The predicted molar refractivity (Wildman–Crippen MR) is 102 cm³/mol. The molecule has 9 heteroatoms. The Hall–Kier alpha value is -3.25. The maximum absolute atomic E-state index is 5.71. The van der Waals surface area contributed by atoms with E-state index >= 15 is 0 Å². The van der Waals surface area contributed by atoms with Gasteiger partial charge in [0.15, 0.2) is 5.65 Å². The Balaban J connectivity index is 1.92. The highest BCUT2D eigenvalue weighted by Crippen LogP contribution is 2.29. The van der Waals surface area contributed by atoms with Gasteiger partial charge < -0.3 is 19.9 Å². The maximum atomic E-state index is 5.71. The van der Waals surface area contributed by atoms with E-state index in [2.05, 4.69) is 25.8 Å². The molecule has 0 radical (unpaired) electrons. The van der Waals surface area contributed by atoms with Gasteiger partial charge in [-0.05, 0) is 6.42 Å². The molecule has 2 N–H and O–H groups in total. The highest BCUT2D eigenvalue weighted by molar-refractivity contribution is 5.88. The van der Waals surface area contributed by atoms with Crippen LogP contribution in [0.1, 0.15) is 19.4 Å². The topological polar surface area (TPSA) is 108 Å². The molecule has 9 nitrogen and oxygen atoms in total. The quantitative estimate of drug-likeness (QED) is 0.690. The van der Waals surface area contributed by atoms with E-state index in [1.807, 2.05) is 11.5 Å². The number of ether oxygens (including phenoxy) is 1. The monoisotopic (exact) mass is 364 g/mol. The lowest BCUT2D eigenvalue weighted by atomic mass is 10.2. The number of fused-ring (bicyclic) bond motifs is 1. The minimum absolute atomic E-state index is 0.127. The number of nitrogens with zero attached hydrogens (tertiary/aromatic N) is 7. The zero-order valence-corrected chi connectivity index (χ0v) is 15.0. The number of hydrogen-bond acceptors (Lipinski definition) is 8. The third-order valence-corrected chi connectivity index (χ3v) is 4.56. The van der Waals surface area contributed by atoms with Crippen LogP contribution in [0.4, 0.5) is 11.9 Å². The van der Waals surface area contributed by atoms with Gasteiger partial charge in [0.25, 0.3) is 0 Å². The standard InChI is InChI=1S/C18H20N8O/c1-3-13(4-2)26-11-22-15-14(12-9-20-17(19)21-10-12)23-18(24-16(15)26)25-5-7-27-8-6-25/h1,9-11,13H,4-8H2,2H3,(H2,19,20,21). The van der Waals surface area contributed by atoms with Gasteiger partial charge in [-0.2, -0.15) is 4.98 Å². The number of imidazole rings is 1. The van der Waals surface area contributed by atoms with Crippen molar-refractivity contribution in [1.82, 2.24) is 29.5 Å². The average molecular weight is 364 g/mol. The SMILES string of the molecule is C#CC(CC)n1cnc2c(-c3cnc(N)nc3)nc(N3CCOCC3)nc21. The summed E-state index contributed by atoms with van der Waals surface area (Å²) in [4.78, 5) is 24.3. The van der Waals surface area contributed by atoms with Crippen molar-refractivity contribution in [2.75, 3.05) is 36.9 Å². The highest BCUT2D eigenvalue weighted by Gasteiger charge is 2.22. The van der Waals surface area contributed by atoms with E-state index in [9.17, 15) is 0 Å². The number of hydrogen-bond donors (Lipinski definition) is 1. The number of anilines is 2. The zero-order valence-electron chi connectivity index (χ0n) is 15.0. The number of rotatable bonds is 4. The van der Waals surface area contributed by atoms with Crippen molar-refractivity contribution in [3.8, 4) is 23.6 Å². The van der Waals surface area contributed by atoms with Crippen LogP contribution in [0, 0.1) is 12.3 Å². The summed E-state index contributed by atoms with van der Waals surface area (Å²) in [5, 5.41) is 0. The first-order valence-electron chi connectivity index (χ1n) is 8.82. The van der Waals surface area contributed by atoms with Crippen LogP contribution < -0.4 is 10.6 Å². The van der Waals surface area contributed by atoms with Crippen LogP contribution in [-0.4, -0.2) is 55.8 Å². The molecule has 4 rings (SSSR count). The maximum Gasteiger partial charge on any atom is 0.228 e. The molecular formula is C18H20N8O. The summed E-state index contributed by atoms with van der Waals surface area (Å²) < 4.78 is 7.36. The van der Waals surface area contributed by atoms with Gasteiger partial charge in [-0.25, -0.2) is 19.9 Å². The molecule has 1 aliphatic heterocycles. The van der Waals surface area contributed by atoms with Crippen molar-refractivity contribution in [3.05, 3.63) is 18.7 Å². The largest absolute Gasteiger partial charge is 0.378 e. The Morgan fingerprint density at radius 1 is 1.22 bits per heavy atom. The van der Waals surface area contributed by atoms with Crippen LogP contribution >= 0.6 is 0 Å². The molecule has 3 aromatic heterocycles. The van der Waals surface area contributed by atoms with Gasteiger partial charge in [0.1, 0.15) is 11.2 Å². The highest BCUT2D eigenvalue weighted by atomic mass is 16.5. The summed E-state index contributed by atoms with van der Waals surface area (Å²) in [7, 11) is 0. The first-order chi connectivity index (χ1) is 13.2. The summed E-state index contributed by atoms with van der Waals surface area (Å²) >= 11 is 0. The Kier molecular flexibility index (Phi) is 4.56. The summed E-state index contributed by atoms with van der Waals surface area (Å²) in [6, 6.07) is -0.127. The fraction of sp³-hybridized carbons (Fsp3) is 0.389. The van der Waals surface area contributed by atoms with E-state index in [-0.39, 0.29) is 12.0 Å². The predicted octanol–water partition coefficient (Wildman–Crippen LogP) is 1.29. The van der Waals surface area contributed by atoms with Crippen LogP contribution in [0.25, 0.3) is 22.4 Å². The minimum atomic E-state index is -0.127. The molecule has 0 spiro atoms. The van der Waals surface area contributed by atoms with Crippen LogP contribution in [0.15, 0.2) is 18.7 Å². The Morgan fingerprint density at radius 3 is 2.63 bits per heavy atom. The van der Waals surface area contributed by atoms with E-state index in [0.717, 1.165) is 25.1 Å². The molecule has 27 heavy (non-hydrogen) atoms. The molecule has 4 heterocycles. The summed E-state index contributed by atoms with van der Waals surface area (Å²) in [6.45, 7) is 4.77. The fourth-order valence-corrected chi connectivity index (χ4v) is 3.09. The summed E-state index contributed by atoms with van der Waals surface area (Å²) in [5.74, 6) is 3.63. The van der Waals surface area contributed by atoms with Crippen molar-refractivity contribution in [2.45, 2.75) is 19.4 Å². The van der Waals surface area contributed by atoms with Crippen LogP contribution in [0.2, 0.25) is 0 Å². The second kappa shape index (κ2) is 7.17. The lowest BCUT2D eigenvalue weighted by Gasteiger charge is -2.27. The smallest absolute Gasteiger partial charge is 0.228 e. The molecule has 0 aromatic carbocycles. The molecule has 3 aromatic rings. The zero-order chi connectivity index (χ0) is 18.8. The number of nitrogens with two attached hydrogens (primary N) is 1. The van der Waals surface area contributed by atoms with Gasteiger partial charge in [0.2, 0.25) is 11.9 Å². The molecule has 1 unspecified atom stereocenters. The first-order valence-corrected chi connectivity index (χ1v) is 8.82. The van der Waals surface area contributed by atoms with Crippen LogP contribution in [0.5, 0.6) is 0 Å². The van der Waals surface area contributed by atoms with Gasteiger partial charge in [0.05, 0.1) is 25.6 Å². The Bertz CT molecular complexity index is 985. The second-order valence-corrected chi connectivity index (χ2v) is 6.22. The number of aromatic nitrogens is 6. The molecule has 1 aliphatic rings.